The van der Waals surface area contributed by atoms with Gasteiger partial charge in [0.1, 0.15) is 5.75 Å². The third-order valence-corrected chi connectivity index (χ3v) is 6.95. The monoisotopic (exact) mass is 366 g/mol. The van der Waals surface area contributed by atoms with Crippen molar-refractivity contribution in [1.82, 2.24) is 9.62 Å². The van der Waals surface area contributed by atoms with Crippen LogP contribution in [0.2, 0.25) is 0 Å². The van der Waals surface area contributed by atoms with Gasteiger partial charge in [-0.2, -0.15) is 4.31 Å². The van der Waals surface area contributed by atoms with Crippen LogP contribution in [-0.2, 0) is 10.0 Å². The first kappa shape index (κ1) is 18.2. The average Bonchev–Trinajstić information content (AvgIpc) is 3.14. The van der Waals surface area contributed by atoms with E-state index in [1.807, 2.05) is 0 Å². The van der Waals surface area contributed by atoms with Crippen molar-refractivity contribution in [2.45, 2.75) is 55.9 Å². The molecule has 25 heavy (non-hydrogen) atoms. The van der Waals surface area contributed by atoms with Crippen LogP contribution in [0.25, 0.3) is 0 Å². The van der Waals surface area contributed by atoms with Gasteiger partial charge in [-0.15, -0.1) is 0 Å². The number of ether oxygens (including phenoxy) is 1. The Morgan fingerprint density at radius 3 is 2.44 bits per heavy atom. The highest BCUT2D eigenvalue weighted by atomic mass is 32.2. The molecule has 1 saturated carbocycles. The minimum absolute atomic E-state index is 0.159. The normalized spacial score (nSPS) is 19.7. The van der Waals surface area contributed by atoms with Gasteiger partial charge >= 0.3 is 0 Å². The molecule has 0 spiro atoms. The van der Waals surface area contributed by atoms with Gasteiger partial charge in [0.25, 0.3) is 5.91 Å². The molecule has 2 aliphatic rings. The Bertz CT molecular complexity index is 721. The van der Waals surface area contributed by atoms with Crippen molar-refractivity contribution < 1.29 is 17.9 Å². The van der Waals surface area contributed by atoms with E-state index in [0.717, 1.165) is 44.9 Å². The van der Waals surface area contributed by atoms with Gasteiger partial charge in [-0.1, -0.05) is 19.3 Å². The summed E-state index contributed by atoms with van der Waals surface area (Å²) >= 11 is 0. The van der Waals surface area contributed by atoms with Crippen LogP contribution in [0.4, 0.5) is 0 Å². The van der Waals surface area contributed by atoms with Crippen molar-refractivity contribution in [2.75, 3.05) is 20.2 Å². The predicted molar refractivity (Wildman–Crippen MR) is 95.3 cm³/mol. The van der Waals surface area contributed by atoms with Crippen LogP contribution in [0.1, 0.15) is 55.3 Å². The number of sulfonamides is 1. The highest BCUT2D eigenvalue weighted by molar-refractivity contribution is 7.89. The fourth-order valence-electron chi connectivity index (χ4n) is 3.61. The minimum Gasteiger partial charge on any atom is -0.496 e. The molecule has 138 valence electrons. The maximum atomic E-state index is 12.9. The molecule has 6 nitrogen and oxygen atoms in total. The standard InChI is InChI=1S/C18H26N2O4S/c1-24-17-10-9-15(25(22,23)20-11-5-2-6-12-20)13-16(17)18(21)19-14-7-3-4-8-14/h9-10,13-14H,2-8,11-12H2,1H3,(H,19,21). The highest BCUT2D eigenvalue weighted by Gasteiger charge is 2.28. The topological polar surface area (TPSA) is 75.7 Å². The number of nitrogens with one attached hydrogen (secondary N) is 1. The molecule has 1 aromatic rings. The van der Waals surface area contributed by atoms with Gasteiger partial charge in [0.2, 0.25) is 10.0 Å². The van der Waals surface area contributed by atoms with E-state index in [4.69, 9.17) is 4.74 Å². The van der Waals surface area contributed by atoms with E-state index in [1.54, 1.807) is 6.07 Å². The van der Waals surface area contributed by atoms with Crippen LogP contribution in [-0.4, -0.2) is 44.9 Å². The number of hydrogen-bond donors (Lipinski definition) is 1. The van der Waals surface area contributed by atoms with Crippen molar-refractivity contribution >= 4 is 15.9 Å². The number of carbonyl (C=O) groups excluding carboxylic acids is 1. The van der Waals surface area contributed by atoms with Crippen LogP contribution >= 0.6 is 0 Å². The molecule has 1 saturated heterocycles. The number of benzene rings is 1. The molecule has 3 rings (SSSR count). The first-order valence-electron chi connectivity index (χ1n) is 9.01. The third-order valence-electron chi connectivity index (χ3n) is 5.06. The molecule has 1 aliphatic heterocycles. The van der Waals surface area contributed by atoms with E-state index in [9.17, 15) is 13.2 Å². The van der Waals surface area contributed by atoms with E-state index in [0.29, 0.717) is 18.8 Å². The van der Waals surface area contributed by atoms with Crippen LogP contribution in [0.3, 0.4) is 0 Å². The molecule has 1 aliphatic carbocycles. The van der Waals surface area contributed by atoms with Gasteiger partial charge in [0.15, 0.2) is 0 Å². The quantitative estimate of drug-likeness (QED) is 0.869. The molecule has 1 aromatic carbocycles. The van der Waals surface area contributed by atoms with Crippen LogP contribution in [0.15, 0.2) is 23.1 Å². The van der Waals surface area contributed by atoms with Crippen LogP contribution in [0, 0.1) is 0 Å². The molecule has 0 radical (unpaired) electrons. The molecule has 1 N–H and O–H groups in total. The average molecular weight is 366 g/mol. The first-order valence-corrected chi connectivity index (χ1v) is 10.5. The lowest BCUT2D eigenvalue weighted by Gasteiger charge is -2.26. The van der Waals surface area contributed by atoms with Gasteiger partial charge in [-0.3, -0.25) is 4.79 Å². The number of nitrogens with zero attached hydrogens (tertiary/aromatic N) is 1. The van der Waals surface area contributed by atoms with Gasteiger partial charge in [0.05, 0.1) is 17.6 Å². The number of rotatable bonds is 5. The predicted octanol–water partition coefficient (Wildman–Crippen LogP) is 2.54. The number of hydrogen-bond acceptors (Lipinski definition) is 4. The SMILES string of the molecule is COc1ccc(S(=O)(=O)N2CCCCC2)cc1C(=O)NC1CCCC1. The largest absolute Gasteiger partial charge is 0.496 e. The Hall–Kier alpha value is -1.60. The zero-order chi connectivity index (χ0) is 17.9. The maximum absolute atomic E-state index is 12.9. The molecule has 2 fully saturated rings. The zero-order valence-corrected chi connectivity index (χ0v) is 15.5. The number of piperidine rings is 1. The number of methoxy groups -OCH3 is 1. The fraction of sp³-hybridized carbons (Fsp3) is 0.611. The number of amides is 1. The molecule has 0 aromatic heterocycles. The molecule has 1 heterocycles. The minimum atomic E-state index is -3.57. The van der Waals surface area contributed by atoms with E-state index in [-0.39, 0.29) is 22.4 Å². The maximum Gasteiger partial charge on any atom is 0.255 e. The van der Waals surface area contributed by atoms with E-state index in [2.05, 4.69) is 5.32 Å². The van der Waals surface area contributed by atoms with E-state index in [1.165, 1.54) is 23.5 Å². The van der Waals surface area contributed by atoms with Crippen LogP contribution in [0.5, 0.6) is 5.75 Å². The Morgan fingerprint density at radius 2 is 1.80 bits per heavy atom. The Labute approximate surface area is 149 Å². The highest BCUT2D eigenvalue weighted by Crippen LogP contribution is 2.27. The summed E-state index contributed by atoms with van der Waals surface area (Å²) in [5.74, 6) is 0.132. The summed E-state index contributed by atoms with van der Waals surface area (Å²) in [5.41, 5.74) is 0.285. The fourth-order valence-corrected chi connectivity index (χ4v) is 5.16. The van der Waals surface area contributed by atoms with Crippen molar-refractivity contribution in [3.05, 3.63) is 23.8 Å². The van der Waals surface area contributed by atoms with Crippen molar-refractivity contribution in [3.8, 4) is 5.75 Å². The second-order valence-corrected chi connectivity index (χ2v) is 8.72. The third kappa shape index (κ3) is 3.98. The second-order valence-electron chi connectivity index (χ2n) is 6.78. The molecule has 0 bridgehead atoms. The first-order chi connectivity index (χ1) is 12.0. The van der Waals surface area contributed by atoms with Gasteiger partial charge in [-0.05, 0) is 43.9 Å². The number of carbonyl (C=O) groups is 1. The Morgan fingerprint density at radius 1 is 1.12 bits per heavy atom. The van der Waals surface area contributed by atoms with Gasteiger partial charge in [0, 0.05) is 19.1 Å². The Balaban J connectivity index is 1.87. The van der Waals surface area contributed by atoms with Crippen LogP contribution < -0.4 is 10.1 Å². The summed E-state index contributed by atoms with van der Waals surface area (Å²) in [6.45, 7) is 1.08. The second kappa shape index (κ2) is 7.74. The van der Waals surface area contributed by atoms with Crippen molar-refractivity contribution in [2.24, 2.45) is 0 Å². The summed E-state index contributed by atoms with van der Waals surface area (Å²) in [6.07, 6.45) is 7.00. The summed E-state index contributed by atoms with van der Waals surface area (Å²) in [6, 6.07) is 4.71. The zero-order valence-electron chi connectivity index (χ0n) is 14.7. The lowest BCUT2D eigenvalue weighted by molar-refractivity contribution is 0.0934. The van der Waals surface area contributed by atoms with Crippen molar-refractivity contribution in [1.29, 1.82) is 0 Å². The summed E-state index contributed by atoms with van der Waals surface area (Å²) in [4.78, 5) is 12.8. The Kier molecular flexibility index (Phi) is 5.64. The smallest absolute Gasteiger partial charge is 0.255 e. The molecule has 0 atom stereocenters. The van der Waals surface area contributed by atoms with E-state index >= 15 is 0 Å². The molecular weight excluding hydrogens is 340 g/mol. The molecular formula is C18H26N2O4S. The summed E-state index contributed by atoms with van der Waals surface area (Å²) in [7, 11) is -2.09. The lowest BCUT2D eigenvalue weighted by Crippen LogP contribution is -2.36. The summed E-state index contributed by atoms with van der Waals surface area (Å²) in [5, 5.41) is 3.00. The lowest BCUT2D eigenvalue weighted by atomic mass is 10.1. The molecule has 7 heteroatoms. The molecule has 1 amide bonds. The van der Waals surface area contributed by atoms with Gasteiger partial charge < -0.3 is 10.1 Å². The van der Waals surface area contributed by atoms with E-state index < -0.39 is 10.0 Å². The molecule has 0 unspecified atom stereocenters. The van der Waals surface area contributed by atoms with Crippen molar-refractivity contribution in [3.63, 3.8) is 0 Å². The van der Waals surface area contributed by atoms with Gasteiger partial charge in [-0.25, -0.2) is 8.42 Å². The summed E-state index contributed by atoms with van der Waals surface area (Å²) < 4.78 is 32.5.